The third-order valence-electron chi connectivity index (χ3n) is 5.26. The predicted molar refractivity (Wildman–Crippen MR) is 115 cm³/mol. The number of alkyl halides is 3. The Balaban J connectivity index is 2.12. The number of carbonyl (C=O) groups is 2. The number of rotatable bonds is 5. The van der Waals surface area contributed by atoms with Gasteiger partial charge in [0.15, 0.2) is 0 Å². The highest BCUT2D eigenvalue weighted by atomic mass is 35.5. The molecule has 1 heterocycles. The van der Waals surface area contributed by atoms with Crippen molar-refractivity contribution in [3.63, 3.8) is 0 Å². The SMILES string of the molecule is CC1=C(C(=O)OC(C)C)C(c2ccccc2C(F)(F)F)CC(=O)N1Cc1cccc(Cl)c1. The monoisotopic (exact) mass is 465 g/mol. The molecule has 0 fully saturated rings. The molecule has 0 saturated carbocycles. The fourth-order valence-electron chi connectivity index (χ4n) is 3.89. The van der Waals surface area contributed by atoms with Gasteiger partial charge >= 0.3 is 12.1 Å². The maximum absolute atomic E-state index is 13.7. The van der Waals surface area contributed by atoms with Crippen molar-refractivity contribution in [2.45, 2.75) is 51.9 Å². The van der Waals surface area contributed by atoms with E-state index in [1.807, 2.05) is 0 Å². The molecule has 0 radical (unpaired) electrons. The molecule has 1 aliphatic rings. The summed E-state index contributed by atoms with van der Waals surface area (Å²) in [7, 11) is 0. The van der Waals surface area contributed by atoms with E-state index in [1.165, 1.54) is 23.1 Å². The summed E-state index contributed by atoms with van der Waals surface area (Å²) in [6.45, 7) is 5.01. The number of hydrogen-bond acceptors (Lipinski definition) is 3. The van der Waals surface area contributed by atoms with E-state index in [0.29, 0.717) is 5.02 Å². The van der Waals surface area contributed by atoms with Gasteiger partial charge in [0.05, 0.1) is 23.8 Å². The molecule has 1 aliphatic heterocycles. The van der Waals surface area contributed by atoms with Crippen LogP contribution in [-0.4, -0.2) is 22.9 Å². The molecule has 32 heavy (non-hydrogen) atoms. The van der Waals surface area contributed by atoms with Crippen LogP contribution in [0.25, 0.3) is 0 Å². The quantitative estimate of drug-likeness (QED) is 0.501. The van der Waals surface area contributed by atoms with Crippen LogP contribution in [0, 0.1) is 0 Å². The molecule has 1 atom stereocenters. The molecule has 0 aromatic heterocycles. The minimum atomic E-state index is -4.63. The van der Waals surface area contributed by atoms with Gasteiger partial charge < -0.3 is 9.64 Å². The van der Waals surface area contributed by atoms with E-state index in [0.717, 1.165) is 11.6 Å². The third kappa shape index (κ3) is 5.15. The van der Waals surface area contributed by atoms with Crippen LogP contribution in [0.3, 0.4) is 0 Å². The Morgan fingerprint density at radius 2 is 1.88 bits per heavy atom. The van der Waals surface area contributed by atoms with E-state index in [-0.39, 0.29) is 35.7 Å². The summed E-state index contributed by atoms with van der Waals surface area (Å²) in [6.07, 6.45) is -5.38. The van der Waals surface area contributed by atoms with E-state index in [1.54, 1.807) is 45.0 Å². The highest BCUT2D eigenvalue weighted by Crippen LogP contribution is 2.43. The molecule has 8 heteroatoms. The maximum atomic E-state index is 13.7. The van der Waals surface area contributed by atoms with Crippen molar-refractivity contribution in [1.29, 1.82) is 0 Å². The van der Waals surface area contributed by atoms with Crippen molar-refractivity contribution in [2.75, 3.05) is 0 Å². The van der Waals surface area contributed by atoms with Gasteiger partial charge in [-0.3, -0.25) is 4.79 Å². The summed E-state index contributed by atoms with van der Waals surface area (Å²) in [4.78, 5) is 27.5. The number of halogens is 4. The minimum Gasteiger partial charge on any atom is -0.460 e. The van der Waals surface area contributed by atoms with E-state index >= 15 is 0 Å². The lowest BCUT2D eigenvalue weighted by atomic mass is 9.81. The molecule has 1 amide bonds. The van der Waals surface area contributed by atoms with E-state index in [4.69, 9.17) is 16.3 Å². The summed E-state index contributed by atoms with van der Waals surface area (Å²) in [5.41, 5.74) is 0.0661. The number of esters is 1. The van der Waals surface area contributed by atoms with Gasteiger partial charge in [-0.05, 0) is 50.1 Å². The van der Waals surface area contributed by atoms with Crippen molar-refractivity contribution < 1.29 is 27.5 Å². The van der Waals surface area contributed by atoms with Crippen molar-refractivity contribution in [2.24, 2.45) is 0 Å². The number of allylic oxidation sites excluding steroid dienone is 1. The minimum absolute atomic E-state index is 0.0528. The van der Waals surface area contributed by atoms with Crippen LogP contribution in [0.4, 0.5) is 13.2 Å². The van der Waals surface area contributed by atoms with Gasteiger partial charge in [-0.1, -0.05) is 41.9 Å². The van der Waals surface area contributed by atoms with Crippen molar-refractivity contribution >= 4 is 23.5 Å². The van der Waals surface area contributed by atoms with E-state index < -0.39 is 29.7 Å². The van der Waals surface area contributed by atoms with Crippen molar-refractivity contribution in [1.82, 2.24) is 4.90 Å². The second-order valence-electron chi connectivity index (χ2n) is 7.90. The molecule has 0 spiro atoms. The fourth-order valence-corrected chi connectivity index (χ4v) is 4.10. The molecule has 3 rings (SSSR count). The van der Waals surface area contributed by atoms with Crippen LogP contribution in [0.1, 0.15) is 49.8 Å². The van der Waals surface area contributed by atoms with Crippen LogP contribution >= 0.6 is 11.6 Å². The van der Waals surface area contributed by atoms with Gasteiger partial charge in [-0.25, -0.2) is 4.79 Å². The Hall–Kier alpha value is -2.80. The van der Waals surface area contributed by atoms with Gasteiger partial charge in [-0.15, -0.1) is 0 Å². The highest BCUT2D eigenvalue weighted by molar-refractivity contribution is 6.30. The maximum Gasteiger partial charge on any atom is 0.416 e. The first-order chi connectivity index (χ1) is 15.0. The molecule has 0 N–H and O–H groups in total. The van der Waals surface area contributed by atoms with E-state index in [2.05, 4.69) is 0 Å². The van der Waals surface area contributed by atoms with Crippen LogP contribution in [0.5, 0.6) is 0 Å². The Bertz CT molecular complexity index is 1060. The second-order valence-corrected chi connectivity index (χ2v) is 8.34. The number of ether oxygens (including phenoxy) is 1. The van der Waals surface area contributed by atoms with Gasteiger partial charge in [0.25, 0.3) is 0 Å². The number of nitrogens with zero attached hydrogens (tertiary/aromatic N) is 1. The van der Waals surface area contributed by atoms with Gasteiger partial charge in [0.2, 0.25) is 5.91 Å². The first kappa shape index (κ1) is 23.9. The Labute approximate surface area is 189 Å². The summed E-state index contributed by atoms with van der Waals surface area (Å²) in [6, 6.07) is 11.9. The molecule has 4 nitrogen and oxygen atoms in total. The van der Waals surface area contributed by atoms with Gasteiger partial charge in [0.1, 0.15) is 0 Å². The lowest BCUT2D eigenvalue weighted by molar-refractivity contribution is -0.145. The van der Waals surface area contributed by atoms with Gasteiger partial charge in [-0.2, -0.15) is 13.2 Å². The first-order valence-electron chi connectivity index (χ1n) is 10.1. The average Bonchev–Trinajstić information content (AvgIpc) is 2.69. The number of carbonyl (C=O) groups excluding carboxylic acids is 2. The molecule has 1 unspecified atom stereocenters. The summed E-state index contributed by atoms with van der Waals surface area (Å²) >= 11 is 6.04. The normalized spacial score (nSPS) is 17.2. The van der Waals surface area contributed by atoms with Crippen molar-refractivity contribution in [3.05, 3.63) is 81.5 Å². The lowest BCUT2D eigenvalue weighted by Crippen LogP contribution is -2.38. The molecular formula is C24H23ClF3NO3. The van der Waals surface area contributed by atoms with Crippen LogP contribution in [-0.2, 0) is 27.0 Å². The molecule has 0 saturated heterocycles. The summed E-state index contributed by atoms with van der Waals surface area (Å²) in [5.74, 6) is -2.18. The molecule has 2 aromatic carbocycles. The summed E-state index contributed by atoms with van der Waals surface area (Å²) < 4.78 is 46.4. The zero-order valence-electron chi connectivity index (χ0n) is 17.9. The molecule has 0 aliphatic carbocycles. The zero-order chi connectivity index (χ0) is 23.6. The zero-order valence-corrected chi connectivity index (χ0v) is 18.6. The van der Waals surface area contributed by atoms with Crippen LogP contribution in [0.15, 0.2) is 59.8 Å². The molecule has 2 aromatic rings. The summed E-state index contributed by atoms with van der Waals surface area (Å²) in [5, 5.41) is 0.491. The lowest BCUT2D eigenvalue weighted by Gasteiger charge is -2.35. The smallest absolute Gasteiger partial charge is 0.416 e. The van der Waals surface area contributed by atoms with Crippen molar-refractivity contribution in [3.8, 4) is 0 Å². The molecule has 0 bridgehead atoms. The average molecular weight is 466 g/mol. The Kier molecular flexibility index (Phi) is 6.98. The molecular weight excluding hydrogens is 443 g/mol. The second kappa shape index (κ2) is 9.36. The van der Waals surface area contributed by atoms with Crippen LogP contribution in [0.2, 0.25) is 5.02 Å². The van der Waals surface area contributed by atoms with E-state index in [9.17, 15) is 22.8 Å². The number of benzene rings is 2. The number of amides is 1. The predicted octanol–water partition coefficient (Wildman–Crippen LogP) is 6.10. The van der Waals surface area contributed by atoms with Crippen LogP contribution < -0.4 is 0 Å². The molecule has 170 valence electrons. The topological polar surface area (TPSA) is 46.6 Å². The Morgan fingerprint density at radius 1 is 1.19 bits per heavy atom. The standard InChI is InChI=1S/C24H23ClF3NO3/c1-14(2)32-23(31)22-15(3)29(13-16-7-6-8-17(25)11-16)21(30)12-19(22)18-9-4-5-10-20(18)24(26,27)28/h4-11,14,19H,12-13H2,1-3H3. The number of hydrogen-bond donors (Lipinski definition) is 0. The first-order valence-corrected chi connectivity index (χ1v) is 10.5. The fraction of sp³-hybridized carbons (Fsp3) is 0.333. The highest BCUT2D eigenvalue weighted by Gasteiger charge is 2.42. The van der Waals surface area contributed by atoms with Gasteiger partial charge in [0, 0.05) is 23.1 Å². The largest absolute Gasteiger partial charge is 0.460 e. The third-order valence-corrected chi connectivity index (χ3v) is 5.49. The Morgan fingerprint density at radius 3 is 2.50 bits per heavy atom.